The molecule has 0 aliphatic carbocycles. The van der Waals surface area contributed by atoms with Gasteiger partial charge in [0.1, 0.15) is 11.8 Å². The minimum absolute atomic E-state index is 0.00503. The fourth-order valence-electron chi connectivity index (χ4n) is 1.76. The van der Waals surface area contributed by atoms with Gasteiger partial charge in [-0.3, -0.25) is 0 Å². The molecule has 0 bridgehead atoms. The Labute approximate surface area is 94.3 Å². The maximum absolute atomic E-state index is 8.96. The third-order valence-electron chi connectivity index (χ3n) is 2.90. The quantitative estimate of drug-likeness (QED) is 0.657. The van der Waals surface area contributed by atoms with E-state index in [1.165, 1.54) is 0 Å². The molecule has 4 nitrogen and oxygen atoms in total. The van der Waals surface area contributed by atoms with Crippen LogP contribution in [0.3, 0.4) is 0 Å². The van der Waals surface area contributed by atoms with Crippen LogP contribution in [0.15, 0.2) is 18.2 Å². The molecule has 80 valence electrons. The van der Waals surface area contributed by atoms with E-state index >= 15 is 0 Å². The zero-order valence-corrected chi connectivity index (χ0v) is 9.14. The second-order valence-electron chi connectivity index (χ2n) is 3.81. The number of nitrogens with zero attached hydrogens (tertiary/aromatic N) is 3. The number of hydrogen-bond acceptors (Lipinski definition) is 4. The summed E-state index contributed by atoms with van der Waals surface area (Å²) in [4.78, 5) is 1.99. The van der Waals surface area contributed by atoms with Crippen molar-refractivity contribution in [3.63, 3.8) is 0 Å². The minimum atomic E-state index is -0.494. The minimum Gasteiger partial charge on any atom is -0.471 e. The van der Waals surface area contributed by atoms with E-state index < -0.39 is 6.10 Å². The molecule has 0 N–H and O–H groups in total. The molecule has 1 heterocycles. The molecule has 1 aliphatic heterocycles. The van der Waals surface area contributed by atoms with Crippen LogP contribution in [0.5, 0.6) is 5.75 Å². The van der Waals surface area contributed by atoms with Crippen molar-refractivity contribution in [3.05, 3.63) is 23.8 Å². The number of benzene rings is 1. The molecule has 4 heteroatoms. The number of fused-ring (bicyclic) bond motifs is 1. The van der Waals surface area contributed by atoms with Crippen LogP contribution >= 0.6 is 0 Å². The predicted molar refractivity (Wildman–Crippen MR) is 59.1 cm³/mol. The van der Waals surface area contributed by atoms with Crippen LogP contribution < -0.4 is 9.64 Å². The van der Waals surface area contributed by atoms with Gasteiger partial charge in [0.2, 0.25) is 6.10 Å². The zero-order chi connectivity index (χ0) is 11.7. The van der Waals surface area contributed by atoms with Crippen LogP contribution in [0.2, 0.25) is 0 Å². The highest BCUT2D eigenvalue weighted by Gasteiger charge is 2.30. The van der Waals surface area contributed by atoms with E-state index in [1.807, 2.05) is 24.9 Å². The summed E-state index contributed by atoms with van der Waals surface area (Å²) in [5, 5.41) is 17.8. The molecule has 1 aliphatic rings. The zero-order valence-electron chi connectivity index (χ0n) is 9.14. The summed E-state index contributed by atoms with van der Waals surface area (Å²) < 4.78 is 5.55. The summed E-state index contributed by atoms with van der Waals surface area (Å²) >= 11 is 0. The highest BCUT2D eigenvalue weighted by molar-refractivity contribution is 5.63. The van der Waals surface area contributed by atoms with Crippen LogP contribution in [0.25, 0.3) is 0 Å². The molecule has 0 aromatic heterocycles. The van der Waals surface area contributed by atoms with E-state index in [-0.39, 0.29) is 6.04 Å². The first-order valence-electron chi connectivity index (χ1n) is 5.00. The molecular weight excluding hydrogens is 202 g/mol. The predicted octanol–water partition coefficient (Wildman–Crippen LogP) is 1.67. The average Bonchev–Trinajstić information content (AvgIpc) is 2.33. The first-order valence-corrected chi connectivity index (χ1v) is 5.00. The molecule has 0 spiro atoms. The first kappa shape index (κ1) is 10.3. The van der Waals surface area contributed by atoms with Gasteiger partial charge in [-0.2, -0.15) is 10.5 Å². The lowest BCUT2D eigenvalue weighted by Crippen LogP contribution is -2.45. The Morgan fingerprint density at radius 1 is 1.38 bits per heavy atom. The van der Waals surface area contributed by atoms with E-state index in [0.717, 1.165) is 5.69 Å². The van der Waals surface area contributed by atoms with E-state index in [2.05, 4.69) is 12.1 Å². The van der Waals surface area contributed by atoms with Crippen molar-refractivity contribution < 1.29 is 4.74 Å². The van der Waals surface area contributed by atoms with Crippen molar-refractivity contribution in [1.82, 2.24) is 0 Å². The van der Waals surface area contributed by atoms with Gasteiger partial charge in [-0.15, -0.1) is 0 Å². The standard InChI is InChI=1S/C12H11N3O/c1-8-12(7-14)16-11-5-9(6-13)3-4-10(11)15(8)2/h3-5,8,12H,1-2H3. The fourth-order valence-corrected chi connectivity index (χ4v) is 1.76. The SMILES string of the molecule is CC1C(C#N)Oc2cc(C#N)ccc2N1C. The van der Waals surface area contributed by atoms with Gasteiger partial charge in [-0.1, -0.05) is 0 Å². The lowest BCUT2D eigenvalue weighted by Gasteiger charge is -2.36. The molecule has 1 aromatic carbocycles. The molecule has 2 rings (SSSR count). The van der Waals surface area contributed by atoms with Crippen molar-refractivity contribution in [2.24, 2.45) is 0 Å². The Morgan fingerprint density at radius 3 is 2.75 bits per heavy atom. The Morgan fingerprint density at radius 2 is 2.12 bits per heavy atom. The van der Waals surface area contributed by atoms with Crippen molar-refractivity contribution in [2.75, 3.05) is 11.9 Å². The largest absolute Gasteiger partial charge is 0.471 e. The first-order chi connectivity index (χ1) is 7.67. The highest BCUT2D eigenvalue weighted by atomic mass is 16.5. The summed E-state index contributed by atoms with van der Waals surface area (Å²) in [6.07, 6.45) is -0.494. The summed E-state index contributed by atoms with van der Waals surface area (Å²) in [5.41, 5.74) is 1.45. The summed E-state index contributed by atoms with van der Waals surface area (Å²) in [6, 6.07) is 9.44. The lowest BCUT2D eigenvalue weighted by molar-refractivity contribution is 0.212. The van der Waals surface area contributed by atoms with Crippen molar-refractivity contribution >= 4 is 5.69 Å². The van der Waals surface area contributed by atoms with Gasteiger partial charge in [0, 0.05) is 13.1 Å². The molecule has 0 fully saturated rings. The van der Waals surface area contributed by atoms with Gasteiger partial charge in [-0.25, -0.2) is 0 Å². The normalized spacial score (nSPS) is 22.6. The van der Waals surface area contributed by atoms with Gasteiger partial charge in [0.05, 0.1) is 23.4 Å². The van der Waals surface area contributed by atoms with Crippen LogP contribution in [0.4, 0.5) is 5.69 Å². The number of rotatable bonds is 0. The lowest BCUT2D eigenvalue weighted by atomic mass is 10.1. The van der Waals surface area contributed by atoms with E-state index in [0.29, 0.717) is 11.3 Å². The molecule has 0 saturated carbocycles. The summed E-state index contributed by atoms with van der Waals surface area (Å²) in [5.74, 6) is 0.603. The second-order valence-corrected chi connectivity index (χ2v) is 3.81. The average molecular weight is 213 g/mol. The third-order valence-corrected chi connectivity index (χ3v) is 2.90. The van der Waals surface area contributed by atoms with Crippen molar-refractivity contribution in [1.29, 1.82) is 10.5 Å². The summed E-state index contributed by atoms with van der Waals surface area (Å²) in [7, 11) is 1.92. The molecule has 16 heavy (non-hydrogen) atoms. The van der Waals surface area contributed by atoms with Gasteiger partial charge >= 0.3 is 0 Å². The number of nitriles is 2. The fraction of sp³-hybridized carbons (Fsp3) is 0.333. The smallest absolute Gasteiger partial charge is 0.204 e. The van der Waals surface area contributed by atoms with Crippen LogP contribution in [0.1, 0.15) is 12.5 Å². The number of likely N-dealkylation sites (N-methyl/N-ethyl adjacent to an activating group) is 1. The number of ether oxygens (including phenoxy) is 1. The van der Waals surface area contributed by atoms with E-state index in [4.69, 9.17) is 15.3 Å². The second kappa shape index (κ2) is 3.75. The van der Waals surface area contributed by atoms with Crippen LogP contribution in [-0.2, 0) is 0 Å². The molecular formula is C12H11N3O. The topological polar surface area (TPSA) is 60.0 Å². The Bertz CT molecular complexity index is 498. The van der Waals surface area contributed by atoms with Gasteiger partial charge in [-0.05, 0) is 19.1 Å². The van der Waals surface area contributed by atoms with Crippen molar-refractivity contribution in [3.8, 4) is 17.9 Å². The van der Waals surface area contributed by atoms with Gasteiger partial charge in [0.25, 0.3) is 0 Å². The van der Waals surface area contributed by atoms with E-state index in [1.54, 1.807) is 12.1 Å². The maximum Gasteiger partial charge on any atom is 0.204 e. The van der Waals surface area contributed by atoms with Gasteiger partial charge in [0.15, 0.2) is 0 Å². The molecule has 1 aromatic rings. The molecule has 0 saturated heterocycles. The molecule has 0 radical (unpaired) electrons. The molecule has 2 atom stereocenters. The summed E-state index contributed by atoms with van der Waals surface area (Å²) in [6.45, 7) is 1.94. The van der Waals surface area contributed by atoms with E-state index in [9.17, 15) is 0 Å². The number of anilines is 1. The maximum atomic E-state index is 8.96. The Balaban J connectivity index is 2.48. The van der Waals surface area contributed by atoms with Crippen LogP contribution in [0, 0.1) is 22.7 Å². The Hall–Kier alpha value is -2.20. The highest BCUT2D eigenvalue weighted by Crippen LogP contribution is 2.35. The molecule has 0 amide bonds. The third kappa shape index (κ3) is 1.45. The van der Waals surface area contributed by atoms with Crippen molar-refractivity contribution in [2.45, 2.75) is 19.1 Å². The Kier molecular flexibility index (Phi) is 2.42. The monoisotopic (exact) mass is 213 g/mol. The molecule has 2 unspecified atom stereocenters. The number of hydrogen-bond donors (Lipinski definition) is 0. The van der Waals surface area contributed by atoms with Crippen LogP contribution in [-0.4, -0.2) is 19.2 Å². The van der Waals surface area contributed by atoms with Gasteiger partial charge < -0.3 is 9.64 Å².